The van der Waals surface area contributed by atoms with Gasteiger partial charge in [-0.05, 0) is 18.2 Å². The lowest BCUT2D eigenvalue weighted by Crippen LogP contribution is -2.36. The summed E-state index contributed by atoms with van der Waals surface area (Å²) in [5, 5.41) is 12.8. The third-order valence-corrected chi connectivity index (χ3v) is 4.78. The monoisotopic (exact) mass is 379 g/mol. The number of hydrogen-bond acceptors (Lipinski definition) is 6. The highest BCUT2D eigenvalue weighted by atomic mass is 19.1. The second kappa shape index (κ2) is 7.01. The molecule has 0 bridgehead atoms. The van der Waals surface area contributed by atoms with Crippen LogP contribution in [0.2, 0.25) is 0 Å². The molecule has 0 spiro atoms. The molecule has 1 aliphatic heterocycles. The Labute approximate surface area is 160 Å². The molecule has 0 radical (unpaired) electrons. The van der Waals surface area contributed by atoms with Gasteiger partial charge in [0.25, 0.3) is 0 Å². The number of nitrogens with one attached hydrogen (secondary N) is 1. The van der Waals surface area contributed by atoms with Crippen molar-refractivity contribution in [2.45, 2.75) is 6.54 Å². The molecule has 1 aromatic carbocycles. The van der Waals surface area contributed by atoms with Gasteiger partial charge in [0.05, 0.1) is 25.1 Å². The average molecular weight is 379 g/mol. The highest BCUT2D eigenvalue weighted by Gasteiger charge is 2.20. The lowest BCUT2D eigenvalue weighted by atomic mass is 10.2. The highest BCUT2D eigenvalue weighted by molar-refractivity contribution is 5.89. The van der Waals surface area contributed by atoms with Gasteiger partial charge < -0.3 is 9.64 Å². The first-order valence-electron chi connectivity index (χ1n) is 9.10. The van der Waals surface area contributed by atoms with Crippen LogP contribution in [0, 0.1) is 5.82 Å². The predicted molar refractivity (Wildman–Crippen MR) is 101 cm³/mol. The minimum absolute atomic E-state index is 0.266. The zero-order valence-corrected chi connectivity index (χ0v) is 15.0. The van der Waals surface area contributed by atoms with Crippen molar-refractivity contribution < 1.29 is 9.13 Å². The summed E-state index contributed by atoms with van der Waals surface area (Å²) in [6, 6.07) is 10.4. The van der Waals surface area contributed by atoms with Crippen LogP contribution < -0.4 is 4.90 Å². The number of ether oxygens (including phenoxy) is 1. The fourth-order valence-corrected chi connectivity index (χ4v) is 3.35. The normalized spacial score (nSPS) is 14.7. The van der Waals surface area contributed by atoms with Gasteiger partial charge in [-0.1, -0.05) is 18.2 Å². The van der Waals surface area contributed by atoms with Crippen molar-refractivity contribution in [1.82, 2.24) is 29.9 Å². The first kappa shape index (κ1) is 16.8. The number of morpholine rings is 1. The SMILES string of the molecule is Fc1ccccc1Cn1nc(-c2nc(N3CCOCC3)n[nH]2)c2cccnc21. The Kier molecular flexibility index (Phi) is 4.21. The van der Waals surface area contributed by atoms with Crippen LogP contribution in [0.5, 0.6) is 0 Å². The number of pyridine rings is 1. The topological polar surface area (TPSA) is 84.8 Å². The number of hydrogen-bond donors (Lipinski definition) is 1. The van der Waals surface area contributed by atoms with Crippen LogP contribution in [0.25, 0.3) is 22.6 Å². The summed E-state index contributed by atoms with van der Waals surface area (Å²) in [4.78, 5) is 11.1. The summed E-state index contributed by atoms with van der Waals surface area (Å²) in [6.07, 6.45) is 1.70. The minimum atomic E-state index is -0.266. The molecule has 0 atom stereocenters. The molecule has 8 nitrogen and oxygen atoms in total. The van der Waals surface area contributed by atoms with Crippen LogP contribution in [0.4, 0.5) is 10.3 Å². The summed E-state index contributed by atoms with van der Waals surface area (Å²) in [5.41, 5.74) is 1.87. The van der Waals surface area contributed by atoms with Gasteiger partial charge in [0.1, 0.15) is 11.5 Å². The van der Waals surface area contributed by atoms with Gasteiger partial charge in [0.15, 0.2) is 11.5 Å². The molecule has 5 rings (SSSR count). The Morgan fingerprint density at radius 2 is 1.96 bits per heavy atom. The smallest absolute Gasteiger partial charge is 0.245 e. The van der Waals surface area contributed by atoms with E-state index in [1.54, 1.807) is 23.0 Å². The van der Waals surface area contributed by atoms with Gasteiger partial charge in [-0.3, -0.25) is 5.10 Å². The highest BCUT2D eigenvalue weighted by Crippen LogP contribution is 2.26. The Bertz CT molecular complexity index is 1120. The second-order valence-corrected chi connectivity index (χ2v) is 6.56. The van der Waals surface area contributed by atoms with Crippen LogP contribution in [0.1, 0.15) is 5.56 Å². The van der Waals surface area contributed by atoms with Crippen molar-refractivity contribution >= 4 is 17.0 Å². The molecule has 0 saturated carbocycles. The van der Waals surface area contributed by atoms with Crippen molar-refractivity contribution in [1.29, 1.82) is 0 Å². The molecule has 28 heavy (non-hydrogen) atoms. The van der Waals surface area contributed by atoms with E-state index in [4.69, 9.17) is 4.74 Å². The zero-order chi connectivity index (χ0) is 18.9. The standard InChI is InChI=1S/C19H18FN7O/c20-15-6-2-1-4-13(15)12-27-18-14(5-3-7-21-18)16(25-27)17-22-19(24-23-17)26-8-10-28-11-9-26/h1-7H,8-12H2,(H,22,23,24). The number of H-pyrrole nitrogens is 1. The van der Waals surface area contributed by atoms with E-state index in [1.165, 1.54) is 6.07 Å². The maximum absolute atomic E-state index is 14.1. The van der Waals surface area contributed by atoms with E-state index in [1.807, 2.05) is 18.2 Å². The van der Waals surface area contributed by atoms with Crippen LogP contribution in [0.3, 0.4) is 0 Å². The predicted octanol–water partition coefficient (Wildman–Crippen LogP) is 2.24. The van der Waals surface area contributed by atoms with Crippen LogP contribution >= 0.6 is 0 Å². The van der Waals surface area contributed by atoms with Gasteiger partial charge >= 0.3 is 0 Å². The number of aromatic amines is 1. The Hall–Kier alpha value is -3.33. The van der Waals surface area contributed by atoms with E-state index in [-0.39, 0.29) is 12.4 Å². The zero-order valence-electron chi connectivity index (χ0n) is 15.0. The fourth-order valence-electron chi connectivity index (χ4n) is 3.35. The molecule has 4 heterocycles. The van der Waals surface area contributed by atoms with Crippen LogP contribution in [0.15, 0.2) is 42.6 Å². The summed E-state index contributed by atoms with van der Waals surface area (Å²) in [7, 11) is 0. The molecule has 4 aromatic rings. The number of halogens is 1. The first-order valence-corrected chi connectivity index (χ1v) is 9.10. The fraction of sp³-hybridized carbons (Fsp3) is 0.263. The number of aromatic nitrogens is 6. The summed E-state index contributed by atoms with van der Waals surface area (Å²) in [5.74, 6) is 0.920. The third-order valence-electron chi connectivity index (χ3n) is 4.78. The number of benzene rings is 1. The summed E-state index contributed by atoms with van der Waals surface area (Å²) >= 11 is 0. The first-order chi connectivity index (χ1) is 13.8. The number of fused-ring (bicyclic) bond motifs is 1. The second-order valence-electron chi connectivity index (χ2n) is 6.56. The van der Waals surface area contributed by atoms with Crippen LogP contribution in [-0.4, -0.2) is 56.2 Å². The van der Waals surface area contributed by atoms with E-state index in [2.05, 4.69) is 30.2 Å². The van der Waals surface area contributed by atoms with E-state index in [0.717, 1.165) is 18.5 Å². The van der Waals surface area contributed by atoms with Gasteiger partial charge in [0.2, 0.25) is 5.95 Å². The molecule has 0 amide bonds. The lowest BCUT2D eigenvalue weighted by molar-refractivity contribution is 0.122. The molecule has 0 aliphatic carbocycles. The van der Waals surface area contributed by atoms with Gasteiger partial charge in [-0.15, -0.1) is 5.10 Å². The Morgan fingerprint density at radius 3 is 2.82 bits per heavy atom. The number of rotatable bonds is 4. The average Bonchev–Trinajstić information content (AvgIpc) is 3.36. The quantitative estimate of drug-likeness (QED) is 0.585. The molecular weight excluding hydrogens is 361 g/mol. The molecule has 1 fully saturated rings. The van der Waals surface area contributed by atoms with Crippen molar-refractivity contribution in [3.63, 3.8) is 0 Å². The molecule has 3 aromatic heterocycles. The molecule has 1 aliphatic rings. The molecule has 1 N–H and O–H groups in total. The van der Waals surface area contributed by atoms with Crippen molar-refractivity contribution in [3.8, 4) is 11.5 Å². The Balaban J connectivity index is 1.54. The number of anilines is 1. The van der Waals surface area contributed by atoms with E-state index >= 15 is 0 Å². The summed E-state index contributed by atoms with van der Waals surface area (Å²) in [6.45, 7) is 3.11. The molecular formula is C19H18FN7O. The van der Waals surface area contributed by atoms with Gasteiger partial charge in [-0.2, -0.15) is 10.1 Å². The third kappa shape index (κ3) is 2.99. The molecule has 142 valence electrons. The largest absolute Gasteiger partial charge is 0.378 e. The van der Waals surface area contributed by atoms with Crippen molar-refractivity contribution in [3.05, 3.63) is 54.0 Å². The lowest BCUT2D eigenvalue weighted by Gasteiger charge is -2.25. The van der Waals surface area contributed by atoms with E-state index in [9.17, 15) is 4.39 Å². The van der Waals surface area contributed by atoms with Gasteiger partial charge in [0, 0.05) is 24.8 Å². The molecule has 9 heteroatoms. The summed E-state index contributed by atoms with van der Waals surface area (Å²) < 4.78 is 21.2. The van der Waals surface area contributed by atoms with Crippen molar-refractivity contribution in [2.24, 2.45) is 0 Å². The molecule has 1 saturated heterocycles. The maximum Gasteiger partial charge on any atom is 0.245 e. The maximum atomic E-state index is 14.1. The van der Waals surface area contributed by atoms with Gasteiger partial charge in [-0.25, -0.2) is 14.1 Å². The number of nitrogens with zero attached hydrogens (tertiary/aromatic N) is 6. The minimum Gasteiger partial charge on any atom is -0.378 e. The van der Waals surface area contributed by atoms with E-state index < -0.39 is 0 Å². The van der Waals surface area contributed by atoms with E-state index in [0.29, 0.717) is 41.9 Å². The van der Waals surface area contributed by atoms with Crippen molar-refractivity contribution in [2.75, 3.05) is 31.2 Å². The Morgan fingerprint density at radius 1 is 1.11 bits per heavy atom. The molecule has 0 unspecified atom stereocenters. The van der Waals surface area contributed by atoms with Crippen LogP contribution in [-0.2, 0) is 11.3 Å².